The Kier molecular flexibility index (Phi) is 3.56. The van der Waals surface area contributed by atoms with Gasteiger partial charge >= 0.3 is 6.09 Å². The first-order chi connectivity index (χ1) is 10.6. The second kappa shape index (κ2) is 5.54. The van der Waals surface area contributed by atoms with E-state index in [4.69, 9.17) is 16.7 Å². The molecule has 0 aliphatic carbocycles. The van der Waals surface area contributed by atoms with Gasteiger partial charge in [0.2, 0.25) is 5.78 Å². The summed E-state index contributed by atoms with van der Waals surface area (Å²) < 4.78 is 0. The van der Waals surface area contributed by atoms with Crippen molar-refractivity contribution in [1.82, 2.24) is 4.98 Å². The van der Waals surface area contributed by atoms with Crippen LogP contribution in [0.3, 0.4) is 0 Å². The first-order valence-corrected chi connectivity index (χ1v) is 6.85. The van der Waals surface area contributed by atoms with E-state index in [0.717, 1.165) is 0 Å². The molecule has 0 spiro atoms. The molecule has 1 heterocycles. The number of amides is 1. The highest BCUT2D eigenvalue weighted by molar-refractivity contribution is 6.31. The van der Waals surface area contributed by atoms with Gasteiger partial charge in [-0.15, -0.1) is 0 Å². The molecule has 110 valence electrons. The van der Waals surface area contributed by atoms with Gasteiger partial charge in [-0.25, -0.2) is 4.79 Å². The number of H-pyrrole nitrogens is 1. The van der Waals surface area contributed by atoms with Crippen LogP contribution in [0.25, 0.3) is 10.9 Å². The molecule has 3 N–H and O–H groups in total. The number of carbonyl (C=O) groups is 2. The van der Waals surface area contributed by atoms with E-state index >= 15 is 0 Å². The molecule has 1 amide bonds. The predicted octanol–water partition coefficient (Wildman–Crippen LogP) is 4.14. The third kappa shape index (κ3) is 2.54. The topological polar surface area (TPSA) is 82.2 Å². The largest absolute Gasteiger partial charge is 0.465 e. The van der Waals surface area contributed by atoms with E-state index in [0.29, 0.717) is 21.5 Å². The Hall–Kier alpha value is -2.79. The van der Waals surface area contributed by atoms with Crippen LogP contribution in [0.4, 0.5) is 10.5 Å². The summed E-state index contributed by atoms with van der Waals surface area (Å²) in [7, 11) is 0. The molecular formula is C16H11ClN2O3. The van der Waals surface area contributed by atoms with Crippen molar-refractivity contribution in [1.29, 1.82) is 0 Å². The minimum absolute atomic E-state index is 0.186. The van der Waals surface area contributed by atoms with E-state index in [2.05, 4.69) is 10.3 Å². The SMILES string of the molecule is O=C(O)Nc1c(C(=O)c2ccccc2)[nH]c2cc(Cl)ccc12. The first-order valence-electron chi connectivity index (χ1n) is 6.47. The van der Waals surface area contributed by atoms with Crippen LogP contribution in [0.2, 0.25) is 5.02 Å². The summed E-state index contributed by atoms with van der Waals surface area (Å²) in [5.74, 6) is -0.295. The number of hydrogen-bond donors (Lipinski definition) is 3. The maximum Gasteiger partial charge on any atom is 0.409 e. The molecule has 5 nitrogen and oxygen atoms in total. The Morgan fingerprint density at radius 1 is 1.09 bits per heavy atom. The van der Waals surface area contributed by atoms with Gasteiger partial charge < -0.3 is 10.1 Å². The van der Waals surface area contributed by atoms with E-state index in [-0.39, 0.29) is 17.2 Å². The lowest BCUT2D eigenvalue weighted by molar-refractivity contribution is 0.103. The van der Waals surface area contributed by atoms with E-state index in [1.807, 2.05) is 0 Å². The highest BCUT2D eigenvalue weighted by Gasteiger charge is 2.20. The smallest absolute Gasteiger partial charge is 0.409 e. The highest BCUT2D eigenvalue weighted by Crippen LogP contribution is 2.31. The Bertz CT molecular complexity index is 872. The number of rotatable bonds is 3. The number of hydrogen-bond acceptors (Lipinski definition) is 2. The van der Waals surface area contributed by atoms with Crippen molar-refractivity contribution in [2.45, 2.75) is 0 Å². The van der Waals surface area contributed by atoms with Crippen LogP contribution in [0.1, 0.15) is 16.1 Å². The molecule has 0 aliphatic rings. The summed E-state index contributed by atoms with van der Waals surface area (Å²) in [6.45, 7) is 0. The molecule has 22 heavy (non-hydrogen) atoms. The standard InChI is InChI=1S/C16H11ClN2O3/c17-10-6-7-11-12(8-10)18-14(13(11)19-16(21)22)15(20)9-4-2-1-3-5-9/h1-8,18-19H,(H,21,22). The summed E-state index contributed by atoms with van der Waals surface area (Å²) in [4.78, 5) is 26.6. The van der Waals surface area contributed by atoms with Crippen molar-refractivity contribution < 1.29 is 14.7 Å². The number of ketones is 1. The fourth-order valence-electron chi connectivity index (χ4n) is 2.31. The third-order valence-corrected chi connectivity index (χ3v) is 3.49. The molecule has 0 aliphatic heterocycles. The van der Waals surface area contributed by atoms with Gasteiger partial charge in [-0.2, -0.15) is 0 Å². The number of fused-ring (bicyclic) bond motifs is 1. The molecule has 1 aromatic heterocycles. The van der Waals surface area contributed by atoms with Crippen LogP contribution in [-0.2, 0) is 0 Å². The summed E-state index contributed by atoms with van der Waals surface area (Å²) >= 11 is 5.94. The summed E-state index contributed by atoms with van der Waals surface area (Å²) in [6, 6.07) is 13.6. The lowest BCUT2D eigenvalue weighted by Gasteiger charge is -2.04. The van der Waals surface area contributed by atoms with Gasteiger partial charge in [0.25, 0.3) is 0 Å². The Morgan fingerprint density at radius 2 is 1.82 bits per heavy atom. The fraction of sp³-hybridized carbons (Fsp3) is 0. The van der Waals surface area contributed by atoms with Gasteiger partial charge in [0.1, 0.15) is 5.69 Å². The van der Waals surface area contributed by atoms with Crippen LogP contribution in [0.15, 0.2) is 48.5 Å². The van der Waals surface area contributed by atoms with Gasteiger partial charge in [-0.05, 0) is 18.2 Å². The zero-order valence-electron chi connectivity index (χ0n) is 11.3. The van der Waals surface area contributed by atoms with Gasteiger partial charge in [0.05, 0.1) is 5.69 Å². The normalized spacial score (nSPS) is 10.6. The number of aromatic nitrogens is 1. The van der Waals surface area contributed by atoms with Crippen LogP contribution in [0.5, 0.6) is 0 Å². The molecule has 0 radical (unpaired) electrons. The molecule has 6 heteroatoms. The summed E-state index contributed by atoms with van der Waals surface area (Å²) in [5, 5.41) is 12.4. The quantitative estimate of drug-likeness (QED) is 0.635. The maximum atomic E-state index is 12.6. The fourth-order valence-corrected chi connectivity index (χ4v) is 2.48. The lowest BCUT2D eigenvalue weighted by atomic mass is 10.1. The number of aromatic amines is 1. The van der Waals surface area contributed by atoms with Crippen LogP contribution >= 0.6 is 11.6 Å². The number of anilines is 1. The molecule has 0 bridgehead atoms. The van der Waals surface area contributed by atoms with Gasteiger partial charge in [-0.3, -0.25) is 10.1 Å². The van der Waals surface area contributed by atoms with E-state index in [1.165, 1.54) is 0 Å². The predicted molar refractivity (Wildman–Crippen MR) is 84.8 cm³/mol. The molecule has 0 atom stereocenters. The average molecular weight is 315 g/mol. The zero-order valence-corrected chi connectivity index (χ0v) is 12.0. The van der Waals surface area contributed by atoms with Gasteiger partial charge in [0.15, 0.2) is 0 Å². The first kappa shape index (κ1) is 14.2. The number of carbonyl (C=O) groups excluding carboxylic acids is 1. The van der Waals surface area contributed by atoms with Crippen molar-refractivity contribution >= 4 is 40.1 Å². The van der Waals surface area contributed by atoms with Crippen molar-refractivity contribution in [2.24, 2.45) is 0 Å². The van der Waals surface area contributed by atoms with Crippen LogP contribution in [0, 0.1) is 0 Å². The molecule has 0 fully saturated rings. The van der Waals surface area contributed by atoms with E-state index < -0.39 is 6.09 Å². The molecule has 3 aromatic rings. The molecular weight excluding hydrogens is 304 g/mol. The second-order valence-corrected chi connectivity index (χ2v) is 5.13. The Balaban J connectivity index is 2.19. The molecule has 0 unspecified atom stereocenters. The average Bonchev–Trinajstić information content (AvgIpc) is 2.84. The third-order valence-electron chi connectivity index (χ3n) is 3.26. The number of nitrogens with one attached hydrogen (secondary N) is 2. The zero-order chi connectivity index (χ0) is 15.7. The van der Waals surface area contributed by atoms with E-state index in [9.17, 15) is 9.59 Å². The van der Waals surface area contributed by atoms with Crippen molar-refractivity contribution in [3.8, 4) is 0 Å². The summed E-state index contributed by atoms with van der Waals surface area (Å²) in [5.41, 5.74) is 1.48. The molecule has 3 rings (SSSR count). The second-order valence-electron chi connectivity index (χ2n) is 4.69. The monoisotopic (exact) mass is 314 g/mol. The maximum absolute atomic E-state index is 12.6. The van der Waals surface area contributed by atoms with Crippen molar-refractivity contribution in [3.63, 3.8) is 0 Å². The Morgan fingerprint density at radius 3 is 2.50 bits per heavy atom. The highest BCUT2D eigenvalue weighted by atomic mass is 35.5. The van der Waals surface area contributed by atoms with Crippen LogP contribution in [-0.4, -0.2) is 22.0 Å². The number of carboxylic acid groups (broad SMARTS) is 1. The minimum Gasteiger partial charge on any atom is -0.465 e. The van der Waals surface area contributed by atoms with Gasteiger partial charge in [0, 0.05) is 21.5 Å². The van der Waals surface area contributed by atoms with E-state index in [1.54, 1.807) is 48.5 Å². The van der Waals surface area contributed by atoms with Crippen molar-refractivity contribution in [3.05, 3.63) is 64.8 Å². The number of benzene rings is 2. The summed E-state index contributed by atoms with van der Waals surface area (Å²) in [6.07, 6.45) is -1.24. The molecule has 2 aromatic carbocycles. The molecule has 0 saturated carbocycles. The van der Waals surface area contributed by atoms with Crippen LogP contribution < -0.4 is 5.32 Å². The number of halogens is 1. The minimum atomic E-state index is -1.24. The Labute approximate surface area is 130 Å². The lowest BCUT2D eigenvalue weighted by Crippen LogP contribution is -2.11. The molecule has 0 saturated heterocycles. The van der Waals surface area contributed by atoms with Gasteiger partial charge in [-0.1, -0.05) is 41.9 Å². The van der Waals surface area contributed by atoms with Crippen molar-refractivity contribution in [2.75, 3.05) is 5.32 Å².